The van der Waals surface area contributed by atoms with Crippen LogP contribution in [0.3, 0.4) is 0 Å². The zero-order valence-corrected chi connectivity index (χ0v) is 12.4. The van der Waals surface area contributed by atoms with Crippen molar-refractivity contribution in [2.24, 2.45) is 5.73 Å². The second-order valence-electron chi connectivity index (χ2n) is 4.48. The molecule has 100 valence electrons. The molecule has 20 heavy (non-hydrogen) atoms. The minimum Gasteiger partial charge on any atom is -0.326 e. The van der Waals surface area contributed by atoms with Crippen molar-refractivity contribution in [3.63, 3.8) is 0 Å². The van der Waals surface area contributed by atoms with Gasteiger partial charge in [0.25, 0.3) is 0 Å². The lowest BCUT2D eigenvalue weighted by Gasteiger charge is -2.09. The van der Waals surface area contributed by atoms with E-state index in [0.717, 1.165) is 27.0 Å². The molecular formula is C16H14BrN3. The Balaban J connectivity index is 2.17. The van der Waals surface area contributed by atoms with Gasteiger partial charge in [-0.2, -0.15) is 5.10 Å². The van der Waals surface area contributed by atoms with E-state index in [-0.39, 0.29) is 0 Å². The monoisotopic (exact) mass is 327 g/mol. The van der Waals surface area contributed by atoms with Crippen LogP contribution in [0.25, 0.3) is 16.9 Å². The molecule has 2 aromatic carbocycles. The second-order valence-corrected chi connectivity index (χ2v) is 5.39. The van der Waals surface area contributed by atoms with Gasteiger partial charge in [-0.05, 0) is 24.3 Å². The van der Waals surface area contributed by atoms with Crippen molar-refractivity contribution in [2.75, 3.05) is 0 Å². The lowest BCUT2D eigenvalue weighted by Crippen LogP contribution is -2.02. The summed E-state index contributed by atoms with van der Waals surface area (Å²) in [4.78, 5) is 0. The molecule has 0 aliphatic rings. The molecule has 0 amide bonds. The Morgan fingerprint density at radius 2 is 1.70 bits per heavy atom. The fraction of sp³-hybridized carbons (Fsp3) is 0.0625. The molecule has 1 heterocycles. The van der Waals surface area contributed by atoms with Gasteiger partial charge in [0.2, 0.25) is 0 Å². The number of rotatable bonds is 3. The number of hydrogen-bond acceptors (Lipinski definition) is 2. The van der Waals surface area contributed by atoms with Crippen molar-refractivity contribution in [1.29, 1.82) is 0 Å². The number of nitrogens with two attached hydrogens (primary N) is 1. The van der Waals surface area contributed by atoms with Crippen LogP contribution in [-0.4, -0.2) is 9.78 Å². The Morgan fingerprint density at radius 3 is 2.35 bits per heavy atom. The SMILES string of the molecule is NCc1cnn(-c2ccc(Br)cc2)c1-c1ccccc1. The van der Waals surface area contributed by atoms with Gasteiger partial charge in [-0.1, -0.05) is 46.3 Å². The summed E-state index contributed by atoms with van der Waals surface area (Å²) in [6.45, 7) is 0.473. The number of hydrogen-bond donors (Lipinski definition) is 1. The molecule has 0 spiro atoms. The summed E-state index contributed by atoms with van der Waals surface area (Å²) in [6.07, 6.45) is 1.84. The highest BCUT2D eigenvalue weighted by atomic mass is 79.9. The van der Waals surface area contributed by atoms with Crippen molar-refractivity contribution >= 4 is 15.9 Å². The van der Waals surface area contributed by atoms with Crippen LogP contribution in [0.1, 0.15) is 5.56 Å². The van der Waals surface area contributed by atoms with Crippen molar-refractivity contribution < 1.29 is 0 Å². The maximum Gasteiger partial charge on any atom is 0.0785 e. The minimum absolute atomic E-state index is 0.473. The predicted octanol–water partition coefficient (Wildman–Crippen LogP) is 3.76. The Labute approximate surface area is 126 Å². The maximum absolute atomic E-state index is 5.84. The molecule has 2 N–H and O–H groups in total. The first-order chi connectivity index (χ1) is 9.79. The predicted molar refractivity (Wildman–Crippen MR) is 84.6 cm³/mol. The van der Waals surface area contributed by atoms with E-state index in [1.165, 1.54) is 0 Å². The first-order valence-corrected chi connectivity index (χ1v) is 7.17. The first-order valence-electron chi connectivity index (χ1n) is 6.38. The quantitative estimate of drug-likeness (QED) is 0.795. The highest BCUT2D eigenvalue weighted by molar-refractivity contribution is 9.10. The fourth-order valence-corrected chi connectivity index (χ4v) is 2.48. The van der Waals surface area contributed by atoms with E-state index in [0.29, 0.717) is 6.54 Å². The normalized spacial score (nSPS) is 10.7. The summed E-state index contributed by atoms with van der Waals surface area (Å²) >= 11 is 3.45. The van der Waals surface area contributed by atoms with E-state index in [1.807, 2.05) is 53.3 Å². The van der Waals surface area contributed by atoms with Gasteiger partial charge in [0.1, 0.15) is 0 Å². The molecule has 1 aromatic heterocycles. The van der Waals surface area contributed by atoms with Gasteiger partial charge in [-0.3, -0.25) is 0 Å². The van der Waals surface area contributed by atoms with E-state index in [4.69, 9.17) is 5.73 Å². The summed E-state index contributed by atoms with van der Waals surface area (Å²) in [5.41, 5.74) is 10.1. The minimum atomic E-state index is 0.473. The Bertz CT molecular complexity index is 702. The van der Waals surface area contributed by atoms with Crippen LogP contribution >= 0.6 is 15.9 Å². The van der Waals surface area contributed by atoms with Crippen LogP contribution in [0.2, 0.25) is 0 Å². The number of benzene rings is 2. The first kappa shape index (κ1) is 13.1. The summed E-state index contributed by atoms with van der Waals surface area (Å²) in [5.74, 6) is 0. The molecule has 0 aliphatic carbocycles. The zero-order valence-electron chi connectivity index (χ0n) is 10.8. The van der Waals surface area contributed by atoms with E-state index in [2.05, 4.69) is 33.2 Å². The molecular weight excluding hydrogens is 314 g/mol. The van der Waals surface area contributed by atoms with E-state index in [1.54, 1.807) is 0 Å². The lowest BCUT2D eigenvalue weighted by atomic mass is 10.1. The topological polar surface area (TPSA) is 43.8 Å². The van der Waals surface area contributed by atoms with Crippen LogP contribution in [0.4, 0.5) is 0 Å². The summed E-state index contributed by atoms with van der Waals surface area (Å²) in [5, 5.41) is 4.48. The largest absolute Gasteiger partial charge is 0.326 e. The van der Waals surface area contributed by atoms with Gasteiger partial charge in [-0.15, -0.1) is 0 Å². The smallest absolute Gasteiger partial charge is 0.0785 e. The van der Waals surface area contributed by atoms with Crippen LogP contribution < -0.4 is 5.73 Å². The molecule has 0 unspecified atom stereocenters. The molecule has 0 saturated carbocycles. The van der Waals surface area contributed by atoms with Gasteiger partial charge >= 0.3 is 0 Å². The third-order valence-corrected chi connectivity index (χ3v) is 3.71. The highest BCUT2D eigenvalue weighted by Crippen LogP contribution is 2.26. The van der Waals surface area contributed by atoms with Crippen molar-refractivity contribution in [3.8, 4) is 16.9 Å². The van der Waals surface area contributed by atoms with Crippen molar-refractivity contribution in [3.05, 3.63) is 70.8 Å². The van der Waals surface area contributed by atoms with Gasteiger partial charge < -0.3 is 5.73 Å². The van der Waals surface area contributed by atoms with Gasteiger partial charge in [0.15, 0.2) is 0 Å². The van der Waals surface area contributed by atoms with Gasteiger partial charge in [0.05, 0.1) is 17.6 Å². The van der Waals surface area contributed by atoms with E-state index < -0.39 is 0 Å². The Kier molecular flexibility index (Phi) is 3.67. The average molecular weight is 328 g/mol. The third kappa shape index (κ3) is 2.40. The molecule has 0 radical (unpaired) electrons. The van der Waals surface area contributed by atoms with Gasteiger partial charge in [0, 0.05) is 22.1 Å². The molecule has 3 nitrogen and oxygen atoms in total. The molecule has 0 bridgehead atoms. The Hall–Kier alpha value is -1.91. The summed E-state index contributed by atoms with van der Waals surface area (Å²) in [7, 11) is 0. The molecule has 0 fully saturated rings. The fourth-order valence-electron chi connectivity index (χ4n) is 2.21. The van der Waals surface area contributed by atoms with Gasteiger partial charge in [-0.25, -0.2) is 4.68 Å². The zero-order chi connectivity index (χ0) is 13.9. The van der Waals surface area contributed by atoms with E-state index in [9.17, 15) is 0 Å². The number of halogens is 1. The maximum atomic E-state index is 5.84. The van der Waals surface area contributed by atoms with Crippen molar-refractivity contribution in [2.45, 2.75) is 6.54 Å². The molecule has 3 aromatic rings. The average Bonchev–Trinajstić information content (AvgIpc) is 2.93. The Morgan fingerprint density at radius 1 is 1.00 bits per heavy atom. The lowest BCUT2D eigenvalue weighted by molar-refractivity contribution is 0.887. The molecule has 0 atom stereocenters. The number of aromatic nitrogens is 2. The summed E-state index contributed by atoms with van der Waals surface area (Å²) in [6, 6.07) is 18.3. The molecule has 0 saturated heterocycles. The van der Waals surface area contributed by atoms with Crippen LogP contribution in [0.15, 0.2) is 65.3 Å². The highest BCUT2D eigenvalue weighted by Gasteiger charge is 2.12. The molecule has 3 rings (SSSR count). The van der Waals surface area contributed by atoms with Crippen LogP contribution in [0, 0.1) is 0 Å². The third-order valence-electron chi connectivity index (χ3n) is 3.18. The van der Waals surface area contributed by atoms with Crippen molar-refractivity contribution in [1.82, 2.24) is 9.78 Å². The van der Waals surface area contributed by atoms with E-state index >= 15 is 0 Å². The summed E-state index contributed by atoms with van der Waals surface area (Å²) < 4.78 is 2.98. The molecule has 4 heteroatoms. The second kappa shape index (κ2) is 5.61. The standard InChI is InChI=1S/C16H14BrN3/c17-14-6-8-15(9-7-14)20-16(13(10-18)11-19-20)12-4-2-1-3-5-12/h1-9,11H,10,18H2. The molecule has 0 aliphatic heterocycles. The van der Waals surface area contributed by atoms with Crippen LogP contribution in [0.5, 0.6) is 0 Å². The number of nitrogens with zero attached hydrogens (tertiary/aromatic N) is 2. The van der Waals surface area contributed by atoms with Crippen LogP contribution in [-0.2, 0) is 6.54 Å².